The summed E-state index contributed by atoms with van der Waals surface area (Å²) in [4.78, 5) is 4.23. The number of rotatable bonds is 0. The Hall–Kier alpha value is 0.0900. The zero-order chi connectivity index (χ0) is 8.55. The molecule has 1 aromatic heterocycles. The van der Waals surface area contributed by atoms with Crippen molar-refractivity contribution in [3.8, 4) is 0 Å². The minimum Gasteiger partial charge on any atom is -0.250 e. The van der Waals surface area contributed by atoms with E-state index < -0.39 is 0 Å². The third kappa shape index (κ3) is 1.44. The zero-order valence-electron chi connectivity index (χ0n) is 6.09. The van der Waals surface area contributed by atoms with E-state index in [0.717, 1.165) is 3.70 Å². The molecule has 0 aliphatic heterocycles. The van der Waals surface area contributed by atoms with Gasteiger partial charge in [0.1, 0.15) is 3.70 Å². The van der Waals surface area contributed by atoms with Crippen molar-refractivity contribution in [2.24, 2.45) is 0 Å². The molecule has 0 spiro atoms. The first kappa shape index (κ1) is 8.68. The normalized spacial score (nSPS) is 10.5. The molecule has 0 aliphatic carbocycles. The number of nitrogens with zero attached hydrogens (tertiary/aromatic N) is 1. The van der Waals surface area contributed by atoms with Gasteiger partial charge in [0, 0.05) is 15.2 Å². The lowest BCUT2D eigenvalue weighted by atomic mass is 10.2. The van der Waals surface area contributed by atoms with Crippen LogP contribution in [0.3, 0.4) is 0 Å². The summed E-state index contributed by atoms with van der Waals surface area (Å²) in [5, 5.41) is 2.53. The molecule has 0 radical (unpaired) electrons. The Bertz CT molecular complexity index is 385. The Morgan fingerprint density at radius 3 is 2.58 bits per heavy atom. The fraction of sp³-hybridized carbons (Fsp3) is 0. The Kier molecular flexibility index (Phi) is 2.49. The summed E-state index contributed by atoms with van der Waals surface area (Å²) in [6.45, 7) is 0. The van der Waals surface area contributed by atoms with Gasteiger partial charge in [0.2, 0.25) is 0 Å². The summed E-state index contributed by atoms with van der Waals surface area (Å²) < 4.78 is 2.36. The third-order valence-corrected chi connectivity index (χ3v) is 3.50. The van der Waals surface area contributed by atoms with Crippen LogP contribution >= 0.6 is 45.2 Å². The Balaban J connectivity index is 2.94. The summed E-state index contributed by atoms with van der Waals surface area (Å²) >= 11 is 4.60. The van der Waals surface area contributed by atoms with Gasteiger partial charge in [-0.2, -0.15) is 0 Å². The average Bonchev–Trinajstić information content (AvgIpc) is 2.07. The number of benzene rings is 1. The molecule has 2 rings (SSSR count). The number of aromatic nitrogens is 1. The second-order valence-electron chi connectivity index (χ2n) is 2.44. The molecule has 1 heterocycles. The van der Waals surface area contributed by atoms with Crippen molar-refractivity contribution in [2.75, 3.05) is 0 Å². The molecule has 60 valence electrons. The predicted molar refractivity (Wildman–Crippen MR) is 67.2 cm³/mol. The first-order chi connectivity index (χ1) is 5.79. The van der Waals surface area contributed by atoms with Gasteiger partial charge in [-0.15, -0.1) is 0 Å². The monoisotopic (exact) mass is 381 g/mol. The van der Waals surface area contributed by atoms with Gasteiger partial charge >= 0.3 is 0 Å². The molecule has 2 aromatic rings. The summed E-state index contributed by atoms with van der Waals surface area (Å²) in [5.74, 6) is 0. The van der Waals surface area contributed by atoms with Gasteiger partial charge < -0.3 is 0 Å². The fourth-order valence-electron chi connectivity index (χ4n) is 1.13. The Morgan fingerprint density at radius 2 is 1.83 bits per heavy atom. The summed E-state index contributed by atoms with van der Waals surface area (Å²) in [5.41, 5.74) is 0. The van der Waals surface area contributed by atoms with Gasteiger partial charge in [0.15, 0.2) is 0 Å². The van der Waals surface area contributed by atoms with E-state index in [1.54, 1.807) is 0 Å². The molecule has 1 aromatic carbocycles. The molecule has 0 bridgehead atoms. The topological polar surface area (TPSA) is 12.9 Å². The largest absolute Gasteiger partial charge is 0.250 e. The van der Waals surface area contributed by atoms with Crippen LogP contribution in [0.4, 0.5) is 0 Å². The second kappa shape index (κ2) is 3.45. The average molecular weight is 381 g/mol. The highest BCUT2D eigenvalue weighted by atomic mass is 127. The Morgan fingerprint density at radius 1 is 1.00 bits per heavy atom. The smallest absolute Gasteiger partial charge is 0.109 e. The van der Waals surface area contributed by atoms with Crippen LogP contribution < -0.4 is 0 Å². The first-order valence-electron chi connectivity index (χ1n) is 3.48. The number of hydrogen-bond acceptors (Lipinski definition) is 1. The van der Waals surface area contributed by atoms with Crippen molar-refractivity contribution in [1.29, 1.82) is 0 Å². The summed E-state index contributed by atoms with van der Waals surface area (Å²) in [7, 11) is 0. The standard InChI is InChI=1S/C9H5I2N/c10-8-3-1-2-7-6(8)4-5-12-9(7)11/h1-5H. The van der Waals surface area contributed by atoms with Gasteiger partial charge in [0.05, 0.1) is 0 Å². The SMILES string of the molecule is Ic1cccc2c(I)nccc12. The number of halogens is 2. The lowest BCUT2D eigenvalue weighted by Gasteiger charge is -2.00. The van der Waals surface area contributed by atoms with E-state index in [1.165, 1.54) is 14.3 Å². The van der Waals surface area contributed by atoms with Crippen LogP contribution in [0.15, 0.2) is 30.5 Å². The highest BCUT2D eigenvalue weighted by Crippen LogP contribution is 2.22. The maximum absolute atomic E-state index is 4.23. The number of pyridine rings is 1. The maximum Gasteiger partial charge on any atom is 0.109 e. The van der Waals surface area contributed by atoms with Crippen LogP contribution in [-0.4, -0.2) is 4.98 Å². The molecule has 3 heteroatoms. The molecule has 0 unspecified atom stereocenters. The number of fused-ring (bicyclic) bond motifs is 1. The van der Waals surface area contributed by atoms with Crippen molar-refractivity contribution in [2.45, 2.75) is 0 Å². The predicted octanol–water partition coefficient (Wildman–Crippen LogP) is 3.44. The molecule has 1 nitrogen and oxygen atoms in total. The van der Waals surface area contributed by atoms with E-state index in [0.29, 0.717) is 0 Å². The lowest BCUT2D eigenvalue weighted by Crippen LogP contribution is -1.84. The second-order valence-corrected chi connectivity index (χ2v) is 4.62. The quantitative estimate of drug-likeness (QED) is 0.504. The Labute approximate surface area is 97.9 Å². The van der Waals surface area contributed by atoms with E-state index in [9.17, 15) is 0 Å². The van der Waals surface area contributed by atoms with Crippen molar-refractivity contribution >= 4 is 56.0 Å². The lowest BCUT2D eigenvalue weighted by molar-refractivity contribution is 1.31. The summed E-state index contributed by atoms with van der Waals surface area (Å²) in [6.07, 6.45) is 1.85. The number of hydrogen-bond donors (Lipinski definition) is 0. The van der Waals surface area contributed by atoms with E-state index in [-0.39, 0.29) is 0 Å². The molecule has 0 atom stereocenters. The maximum atomic E-state index is 4.23. The first-order valence-corrected chi connectivity index (χ1v) is 5.63. The van der Waals surface area contributed by atoms with E-state index >= 15 is 0 Å². The minimum absolute atomic E-state index is 1.07. The van der Waals surface area contributed by atoms with Gasteiger partial charge in [-0.25, -0.2) is 4.98 Å². The van der Waals surface area contributed by atoms with Gasteiger partial charge in [0.25, 0.3) is 0 Å². The third-order valence-electron chi connectivity index (χ3n) is 1.70. The van der Waals surface area contributed by atoms with E-state index in [2.05, 4.69) is 74.4 Å². The molecular weight excluding hydrogens is 376 g/mol. The molecule has 0 aliphatic rings. The van der Waals surface area contributed by atoms with Crippen LogP contribution in [0.25, 0.3) is 10.8 Å². The van der Waals surface area contributed by atoms with Gasteiger partial charge in [-0.05, 0) is 62.7 Å². The van der Waals surface area contributed by atoms with Gasteiger partial charge in [-0.1, -0.05) is 12.1 Å². The highest BCUT2D eigenvalue weighted by Gasteiger charge is 2.00. The van der Waals surface area contributed by atoms with E-state index in [1.807, 2.05) is 6.20 Å². The van der Waals surface area contributed by atoms with Crippen molar-refractivity contribution < 1.29 is 0 Å². The minimum atomic E-state index is 1.07. The molecule has 0 amide bonds. The van der Waals surface area contributed by atoms with E-state index in [4.69, 9.17) is 0 Å². The van der Waals surface area contributed by atoms with Crippen LogP contribution in [0, 0.1) is 7.27 Å². The van der Waals surface area contributed by atoms with Crippen molar-refractivity contribution in [1.82, 2.24) is 4.98 Å². The van der Waals surface area contributed by atoms with Crippen molar-refractivity contribution in [3.05, 3.63) is 37.7 Å². The molecule has 0 saturated heterocycles. The van der Waals surface area contributed by atoms with Gasteiger partial charge in [-0.3, -0.25) is 0 Å². The van der Waals surface area contributed by atoms with Crippen LogP contribution in [0.2, 0.25) is 0 Å². The molecular formula is C9H5I2N. The zero-order valence-corrected chi connectivity index (χ0v) is 10.4. The van der Waals surface area contributed by atoms with Crippen LogP contribution in [-0.2, 0) is 0 Å². The molecule has 0 saturated carbocycles. The van der Waals surface area contributed by atoms with Crippen molar-refractivity contribution in [3.63, 3.8) is 0 Å². The van der Waals surface area contributed by atoms with Crippen LogP contribution in [0.1, 0.15) is 0 Å². The molecule has 0 N–H and O–H groups in total. The molecule has 12 heavy (non-hydrogen) atoms. The summed E-state index contributed by atoms with van der Waals surface area (Å²) in [6, 6.07) is 8.33. The highest BCUT2D eigenvalue weighted by molar-refractivity contribution is 14.1. The fourth-order valence-corrected chi connectivity index (χ4v) is 2.44. The molecule has 0 fully saturated rings. The van der Waals surface area contributed by atoms with Crippen LogP contribution in [0.5, 0.6) is 0 Å².